The largest absolute Gasteiger partial charge is 0.495 e. The maximum atomic E-state index is 12.7. The van der Waals surface area contributed by atoms with Crippen molar-refractivity contribution in [1.82, 2.24) is 5.32 Å². The first-order valence-corrected chi connectivity index (χ1v) is 10.5. The van der Waals surface area contributed by atoms with Crippen molar-refractivity contribution < 1.29 is 28.7 Å². The summed E-state index contributed by atoms with van der Waals surface area (Å²) in [4.78, 5) is 37.7. The molecule has 0 aliphatic carbocycles. The van der Waals surface area contributed by atoms with Crippen LogP contribution in [0.5, 0.6) is 17.2 Å². The van der Waals surface area contributed by atoms with Crippen LogP contribution >= 0.6 is 11.6 Å². The maximum Gasteiger partial charge on any atom is 0.276 e. The van der Waals surface area contributed by atoms with Gasteiger partial charge in [0.05, 0.1) is 43.9 Å². The van der Waals surface area contributed by atoms with E-state index in [-0.39, 0.29) is 49.2 Å². The Morgan fingerprint density at radius 1 is 1.15 bits per heavy atom. The van der Waals surface area contributed by atoms with Gasteiger partial charge in [-0.05, 0) is 30.7 Å². The highest BCUT2D eigenvalue weighted by Gasteiger charge is 2.36. The predicted octanol–water partition coefficient (Wildman–Crippen LogP) is 2.99. The van der Waals surface area contributed by atoms with Gasteiger partial charge in [0.2, 0.25) is 11.8 Å². The molecule has 1 saturated heterocycles. The highest BCUT2D eigenvalue weighted by molar-refractivity contribution is 6.31. The average Bonchev–Trinajstić information content (AvgIpc) is 3.19. The molecule has 0 saturated carbocycles. The Morgan fingerprint density at radius 3 is 2.45 bits per heavy atom. The Kier molecular flexibility index (Phi) is 7.59. The molecule has 3 rings (SSSR count). The Hall–Kier alpha value is -3.53. The van der Waals surface area contributed by atoms with E-state index in [9.17, 15) is 19.7 Å². The van der Waals surface area contributed by atoms with Crippen LogP contribution in [0.15, 0.2) is 30.3 Å². The number of nitrogens with zero attached hydrogens (tertiary/aromatic N) is 2. The molecule has 0 aromatic heterocycles. The number of ether oxygens (including phenoxy) is 3. The van der Waals surface area contributed by atoms with Gasteiger partial charge in [-0.1, -0.05) is 11.6 Å². The van der Waals surface area contributed by atoms with Gasteiger partial charge in [-0.25, -0.2) is 0 Å². The summed E-state index contributed by atoms with van der Waals surface area (Å²) in [6, 6.07) is 7.75. The lowest BCUT2D eigenvalue weighted by Crippen LogP contribution is -2.34. The van der Waals surface area contributed by atoms with E-state index in [1.165, 1.54) is 38.4 Å². The zero-order chi connectivity index (χ0) is 24.1. The Morgan fingerprint density at radius 2 is 1.82 bits per heavy atom. The molecule has 33 heavy (non-hydrogen) atoms. The number of rotatable bonds is 9. The molecule has 0 spiro atoms. The van der Waals surface area contributed by atoms with Crippen LogP contribution in [-0.2, 0) is 16.0 Å². The second-order valence-corrected chi connectivity index (χ2v) is 7.79. The lowest BCUT2D eigenvalue weighted by molar-refractivity contribution is -0.385. The van der Waals surface area contributed by atoms with Crippen LogP contribution < -0.4 is 24.4 Å². The molecule has 10 nitrogen and oxygen atoms in total. The van der Waals surface area contributed by atoms with E-state index in [0.29, 0.717) is 27.8 Å². The summed E-state index contributed by atoms with van der Waals surface area (Å²) in [5, 5.41) is 14.7. The van der Waals surface area contributed by atoms with Gasteiger partial charge in [0.15, 0.2) is 11.5 Å². The number of amides is 2. The van der Waals surface area contributed by atoms with E-state index < -0.39 is 10.8 Å². The lowest BCUT2D eigenvalue weighted by atomic mass is 10.1. The number of nitrogens with one attached hydrogen (secondary N) is 1. The molecule has 0 radical (unpaired) electrons. The molecule has 1 aliphatic heterocycles. The fourth-order valence-corrected chi connectivity index (χ4v) is 3.90. The number of hydrogen-bond donors (Lipinski definition) is 1. The zero-order valence-corrected chi connectivity index (χ0v) is 19.2. The second-order valence-electron chi connectivity index (χ2n) is 7.36. The van der Waals surface area contributed by atoms with Gasteiger partial charge in [-0.15, -0.1) is 0 Å². The molecule has 176 valence electrons. The highest BCUT2D eigenvalue weighted by atomic mass is 35.5. The number of nitro benzene ring substituents is 1. The Bertz CT molecular complexity index is 1080. The molecular weight excluding hydrogens is 454 g/mol. The summed E-state index contributed by atoms with van der Waals surface area (Å²) in [6.07, 6.45) is 0.243. The van der Waals surface area contributed by atoms with Gasteiger partial charge < -0.3 is 24.4 Å². The molecule has 1 fully saturated rings. The minimum atomic E-state index is -0.568. The molecule has 0 unspecified atom stereocenters. The second kappa shape index (κ2) is 10.4. The minimum absolute atomic E-state index is 0.0397. The average molecular weight is 478 g/mol. The van der Waals surface area contributed by atoms with Gasteiger partial charge >= 0.3 is 0 Å². The van der Waals surface area contributed by atoms with Crippen molar-refractivity contribution in [2.45, 2.75) is 12.8 Å². The van der Waals surface area contributed by atoms with E-state index in [2.05, 4.69) is 5.32 Å². The van der Waals surface area contributed by atoms with Crippen LogP contribution in [0.3, 0.4) is 0 Å². The normalized spacial score (nSPS) is 15.3. The summed E-state index contributed by atoms with van der Waals surface area (Å²) < 4.78 is 15.6. The molecule has 2 aromatic rings. The topological polar surface area (TPSA) is 120 Å². The van der Waals surface area contributed by atoms with E-state index in [1.807, 2.05) is 0 Å². The number of benzene rings is 2. The molecule has 0 bridgehead atoms. The number of carbonyl (C=O) groups is 2. The van der Waals surface area contributed by atoms with Crippen molar-refractivity contribution in [2.75, 3.05) is 39.3 Å². The van der Waals surface area contributed by atoms with Crippen LogP contribution in [0, 0.1) is 16.0 Å². The summed E-state index contributed by atoms with van der Waals surface area (Å²) in [5.74, 6) is -0.00715. The molecule has 1 atom stereocenters. The zero-order valence-electron chi connectivity index (χ0n) is 18.4. The minimum Gasteiger partial charge on any atom is -0.495 e. The van der Waals surface area contributed by atoms with E-state index in [1.54, 1.807) is 18.2 Å². The molecule has 1 N–H and O–H groups in total. The first-order chi connectivity index (χ1) is 15.8. The van der Waals surface area contributed by atoms with Crippen molar-refractivity contribution >= 4 is 34.8 Å². The van der Waals surface area contributed by atoms with Crippen molar-refractivity contribution in [1.29, 1.82) is 0 Å². The molecule has 1 heterocycles. The molecular formula is C22H24ClN3O7. The van der Waals surface area contributed by atoms with Crippen LogP contribution in [0.4, 0.5) is 11.4 Å². The quantitative estimate of drug-likeness (QED) is 0.435. The van der Waals surface area contributed by atoms with Crippen LogP contribution in [0.1, 0.15) is 12.0 Å². The Labute approximate surface area is 195 Å². The van der Waals surface area contributed by atoms with E-state index >= 15 is 0 Å². The van der Waals surface area contributed by atoms with Crippen LogP contribution in [0.2, 0.25) is 5.02 Å². The third-order valence-corrected chi connectivity index (χ3v) is 5.64. The standard InChI is InChI=1S/C22H24ClN3O7/c1-31-18-5-4-15(23)10-17(18)25-12-14(9-21(25)27)22(28)24-7-6-13-8-19(32-2)20(33-3)11-16(13)26(29)30/h4-5,8,10-11,14H,6-7,9,12H2,1-3H3,(H,24,28)/t14-/m1/s1. The van der Waals surface area contributed by atoms with Gasteiger partial charge in [0.25, 0.3) is 5.69 Å². The molecule has 2 aromatic carbocycles. The van der Waals surface area contributed by atoms with E-state index in [0.717, 1.165) is 0 Å². The van der Waals surface area contributed by atoms with Gasteiger partial charge in [-0.2, -0.15) is 0 Å². The monoisotopic (exact) mass is 477 g/mol. The SMILES string of the molecule is COc1cc(CCNC(=O)[C@@H]2CC(=O)N(c3cc(Cl)ccc3OC)C2)c([N+](=O)[O-])cc1OC. The van der Waals surface area contributed by atoms with Crippen molar-refractivity contribution in [3.05, 3.63) is 51.0 Å². The highest BCUT2D eigenvalue weighted by Crippen LogP contribution is 2.36. The van der Waals surface area contributed by atoms with Gasteiger partial charge in [0.1, 0.15) is 5.75 Å². The number of carbonyl (C=O) groups excluding carboxylic acids is 2. The smallest absolute Gasteiger partial charge is 0.276 e. The summed E-state index contributed by atoms with van der Waals surface area (Å²) in [5.41, 5.74) is 0.772. The first-order valence-electron chi connectivity index (χ1n) is 10.1. The van der Waals surface area contributed by atoms with Crippen LogP contribution in [0.25, 0.3) is 0 Å². The van der Waals surface area contributed by atoms with Crippen molar-refractivity contribution in [2.24, 2.45) is 5.92 Å². The van der Waals surface area contributed by atoms with Gasteiger partial charge in [0, 0.05) is 30.1 Å². The number of methoxy groups -OCH3 is 3. The fraction of sp³-hybridized carbons (Fsp3) is 0.364. The summed E-state index contributed by atoms with van der Waals surface area (Å²) >= 11 is 6.06. The molecule has 1 aliphatic rings. The first kappa shape index (κ1) is 24.1. The molecule has 11 heteroatoms. The third-order valence-electron chi connectivity index (χ3n) is 5.40. The maximum absolute atomic E-state index is 12.7. The number of halogens is 1. The number of nitro groups is 1. The number of hydrogen-bond acceptors (Lipinski definition) is 7. The van der Waals surface area contributed by atoms with Crippen molar-refractivity contribution in [3.8, 4) is 17.2 Å². The fourth-order valence-electron chi connectivity index (χ4n) is 3.74. The molecule has 2 amide bonds. The summed E-state index contributed by atoms with van der Waals surface area (Å²) in [6.45, 7) is 0.332. The Balaban J connectivity index is 1.66. The number of anilines is 1. The third kappa shape index (κ3) is 5.28. The summed E-state index contributed by atoms with van der Waals surface area (Å²) in [7, 11) is 4.32. The van der Waals surface area contributed by atoms with E-state index in [4.69, 9.17) is 25.8 Å². The lowest BCUT2D eigenvalue weighted by Gasteiger charge is -2.20. The van der Waals surface area contributed by atoms with Crippen LogP contribution in [-0.4, -0.2) is 51.2 Å². The van der Waals surface area contributed by atoms with Crippen molar-refractivity contribution in [3.63, 3.8) is 0 Å². The predicted molar refractivity (Wildman–Crippen MR) is 121 cm³/mol. The van der Waals surface area contributed by atoms with Gasteiger partial charge in [-0.3, -0.25) is 19.7 Å².